The maximum atomic E-state index is 10.2. The van der Waals surface area contributed by atoms with Crippen LogP contribution >= 0.6 is 11.3 Å². The van der Waals surface area contributed by atoms with Gasteiger partial charge in [0.1, 0.15) is 10.6 Å². The molecule has 2 heterocycles. The SMILES string of the molecule is CCNc1nc(NCC2(O)CCC2)c2cc(CC)sc2n1. The van der Waals surface area contributed by atoms with E-state index in [-0.39, 0.29) is 0 Å². The Hall–Kier alpha value is -1.40. The first-order valence-electron chi connectivity index (χ1n) is 7.64. The highest BCUT2D eigenvalue weighted by atomic mass is 32.1. The van der Waals surface area contributed by atoms with Crippen LogP contribution in [-0.2, 0) is 6.42 Å². The van der Waals surface area contributed by atoms with Crippen molar-refractivity contribution in [2.24, 2.45) is 0 Å². The molecule has 0 aliphatic heterocycles. The second-order valence-corrected chi connectivity index (χ2v) is 6.76. The van der Waals surface area contributed by atoms with Crippen LogP contribution in [0.15, 0.2) is 6.07 Å². The van der Waals surface area contributed by atoms with E-state index in [9.17, 15) is 5.11 Å². The number of anilines is 2. The predicted molar refractivity (Wildman–Crippen MR) is 88.2 cm³/mol. The molecule has 0 atom stereocenters. The zero-order chi connectivity index (χ0) is 14.9. The van der Waals surface area contributed by atoms with Gasteiger partial charge in [-0.05, 0) is 38.7 Å². The summed E-state index contributed by atoms with van der Waals surface area (Å²) in [5, 5.41) is 17.8. The number of nitrogens with one attached hydrogen (secondary N) is 2. The Morgan fingerprint density at radius 3 is 2.71 bits per heavy atom. The third-order valence-corrected chi connectivity index (χ3v) is 5.17. The number of fused-ring (bicyclic) bond motifs is 1. The van der Waals surface area contributed by atoms with Gasteiger partial charge >= 0.3 is 0 Å². The van der Waals surface area contributed by atoms with Crippen molar-refractivity contribution in [3.8, 4) is 0 Å². The summed E-state index contributed by atoms with van der Waals surface area (Å²) in [5.74, 6) is 1.48. The van der Waals surface area contributed by atoms with Crippen LogP contribution in [0.3, 0.4) is 0 Å². The number of rotatable bonds is 6. The quantitative estimate of drug-likeness (QED) is 0.765. The lowest BCUT2D eigenvalue weighted by atomic mass is 9.80. The Bertz CT molecular complexity index is 636. The largest absolute Gasteiger partial charge is 0.388 e. The van der Waals surface area contributed by atoms with Crippen LogP contribution < -0.4 is 10.6 Å². The molecule has 0 amide bonds. The highest BCUT2D eigenvalue weighted by Gasteiger charge is 2.34. The Kier molecular flexibility index (Phi) is 3.99. The van der Waals surface area contributed by atoms with Gasteiger partial charge in [-0.15, -0.1) is 11.3 Å². The molecule has 5 nitrogen and oxygen atoms in total. The highest BCUT2D eigenvalue weighted by molar-refractivity contribution is 7.18. The van der Waals surface area contributed by atoms with Crippen molar-refractivity contribution in [3.63, 3.8) is 0 Å². The van der Waals surface area contributed by atoms with Gasteiger partial charge in [0.2, 0.25) is 5.95 Å². The molecule has 0 spiro atoms. The molecule has 0 saturated heterocycles. The molecule has 114 valence electrons. The lowest BCUT2D eigenvalue weighted by Gasteiger charge is -2.36. The molecule has 0 unspecified atom stereocenters. The van der Waals surface area contributed by atoms with Gasteiger partial charge in [0.25, 0.3) is 0 Å². The van der Waals surface area contributed by atoms with E-state index in [1.54, 1.807) is 11.3 Å². The second-order valence-electron chi connectivity index (χ2n) is 5.64. The molecule has 6 heteroatoms. The van der Waals surface area contributed by atoms with Gasteiger partial charge in [0.05, 0.1) is 11.0 Å². The van der Waals surface area contributed by atoms with E-state index in [1.807, 2.05) is 6.92 Å². The molecule has 1 aliphatic rings. The minimum absolute atomic E-state index is 0.556. The summed E-state index contributed by atoms with van der Waals surface area (Å²) in [6, 6.07) is 2.16. The van der Waals surface area contributed by atoms with Crippen LogP contribution in [0.25, 0.3) is 10.2 Å². The second kappa shape index (κ2) is 5.77. The average molecular weight is 306 g/mol. The van der Waals surface area contributed by atoms with Crippen molar-refractivity contribution in [2.45, 2.75) is 45.1 Å². The van der Waals surface area contributed by atoms with E-state index in [4.69, 9.17) is 0 Å². The lowest BCUT2D eigenvalue weighted by molar-refractivity contribution is -0.0202. The van der Waals surface area contributed by atoms with Gasteiger partial charge in [-0.1, -0.05) is 6.92 Å². The number of hydrogen-bond acceptors (Lipinski definition) is 6. The fourth-order valence-electron chi connectivity index (χ4n) is 2.53. The summed E-state index contributed by atoms with van der Waals surface area (Å²) < 4.78 is 0. The van der Waals surface area contributed by atoms with Crippen LogP contribution in [0.4, 0.5) is 11.8 Å². The van der Waals surface area contributed by atoms with Crippen molar-refractivity contribution in [1.29, 1.82) is 0 Å². The molecule has 0 bridgehead atoms. The molecule has 0 radical (unpaired) electrons. The molecule has 1 aliphatic carbocycles. The van der Waals surface area contributed by atoms with Crippen molar-refractivity contribution in [3.05, 3.63) is 10.9 Å². The minimum Gasteiger partial charge on any atom is -0.388 e. The number of aryl methyl sites for hydroxylation is 1. The molecule has 3 N–H and O–H groups in total. The molecule has 1 saturated carbocycles. The first kappa shape index (κ1) is 14.5. The molecule has 3 rings (SSSR count). The Morgan fingerprint density at radius 2 is 2.10 bits per heavy atom. The van der Waals surface area contributed by atoms with E-state index < -0.39 is 5.60 Å². The van der Waals surface area contributed by atoms with Crippen LogP contribution in [0.5, 0.6) is 0 Å². The molecule has 2 aromatic rings. The van der Waals surface area contributed by atoms with E-state index >= 15 is 0 Å². The fourth-order valence-corrected chi connectivity index (χ4v) is 3.49. The summed E-state index contributed by atoms with van der Waals surface area (Å²) >= 11 is 1.71. The molecule has 2 aromatic heterocycles. The lowest BCUT2D eigenvalue weighted by Crippen LogP contribution is -2.43. The van der Waals surface area contributed by atoms with Crippen molar-refractivity contribution in [2.75, 3.05) is 23.7 Å². The number of nitrogens with zero attached hydrogens (tertiary/aromatic N) is 2. The first-order valence-corrected chi connectivity index (χ1v) is 8.46. The van der Waals surface area contributed by atoms with E-state index in [0.29, 0.717) is 12.5 Å². The number of hydrogen-bond donors (Lipinski definition) is 3. The molecular formula is C15H22N4OS. The van der Waals surface area contributed by atoms with Gasteiger partial charge in [-0.25, -0.2) is 4.98 Å². The van der Waals surface area contributed by atoms with E-state index in [1.165, 1.54) is 4.88 Å². The number of aromatic nitrogens is 2. The molecule has 1 fully saturated rings. The van der Waals surface area contributed by atoms with Crippen LogP contribution in [0.1, 0.15) is 38.0 Å². The van der Waals surface area contributed by atoms with Crippen molar-refractivity contribution in [1.82, 2.24) is 9.97 Å². The van der Waals surface area contributed by atoms with Gasteiger partial charge < -0.3 is 15.7 Å². The van der Waals surface area contributed by atoms with Crippen molar-refractivity contribution < 1.29 is 5.11 Å². The summed E-state index contributed by atoms with van der Waals surface area (Å²) in [6.07, 6.45) is 3.86. The number of thiophene rings is 1. The topological polar surface area (TPSA) is 70.1 Å². The van der Waals surface area contributed by atoms with Crippen LogP contribution in [0, 0.1) is 0 Å². The highest BCUT2D eigenvalue weighted by Crippen LogP contribution is 2.34. The van der Waals surface area contributed by atoms with Crippen LogP contribution in [0.2, 0.25) is 0 Å². The van der Waals surface area contributed by atoms with E-state index in [2.05, 4.69) is 33.6 Å². The minimum atomic E-state index is -0.556. The maximum absolute atomic E-state index is 10.2. The van der Waals surface area contributed by atoms with Crippen LogP contribution in [-0.4, -0.2) is 33.8 Å². The molecule has 21 heavy (non-hydrogen) atoms. The summed E-state index contributed by atoms with van der Waals surface area (Å²) in [5.41, 5.74) is -0.556. The van der Waals surface area contributed by atoms with Gasteiger partial charge in [-0.2, -0.15) is 4.98 Å². The standard InChI is InChI=1S/C15H22N4OS/c1-3-10-8-11-12(17-9-15(20)6-5-7-15)18-14(16-4-2)19-13(11)21-10/h8,20H,3-7,9H2,1-2H3,(H2,16,17,18,19). The predicted octanol–water partition coefficient (Wildman–Crippen LogP) is 3.01. The van der Waals surface area contributed by atoms with Gasteiger partial charge in [0.15, 0.2) is 0 Å². The smallest absolute Gasteiger partial charge is 0.226 e. The van der Waals surface area contributed by atoms with Crippen molar-refractivity contribution >= 4 is 33.3 Å². The zero-order valence-corrected chi connectivity index (χ0v) is 13.4. The first-order chi connectivity index (χ1) is 10.1. The Labute approximate surface area is 128 Å². The summed E-state index contributed by atoms with van der Waals surface area (Å²) in [7, 11) is 0. The summed E-state index contributed by atoms with van der Waals surface area (Å²) in [6.45, 7) is 5.53. The third kappa shape index (κ3) is 2.96. The third-order valence-electron chi connectivity index (χ3n) is 4.00. The fraction of sp³-hybridized carbons (Fsp3) is 0.600. The normalized spacial score (nSPS) is 16.7. The number of aliphatic hydroxyl groups is 1. The average Bonchev–Trinajstić information content (AvgIpc) is 2.86. The monoisotopic (exact) mass is 306 g/mol. The Morgan fingerprint density at radius 1 is 1.29 bits per heavy atom. The zero-order valence-electron chi connectivity index (χ0n) is 12.6. The Balaban J connectivity index is 1.91. The molecule has 0 aromatic carbocycles. The van der Waals surface area contributed by atoms with Gasteiger partial charge in [0, 0.05) is 18.0 Å². The molecular weight excluding hydrogens is 284 g/mol. The van der Waals surface area contributed by atoms with Gasteiger partial charge in [-0.3, -0.25) is 0 Å². The summed E-state index contributed by atoms with van der Waals surface area (Å²) in [4.78, 5) is 11.4. The maximum Gasteiger partial charge on any atom is 0.226 e. The van der Waals surface area contributed by atoms with E-state index in [0.717, 1.165) is 48.3 Å².